The van der Waals surface area contributed by atoms with Gasteiger partial charge in [-0.05, 0) is 49.4 Å². The Balaban J connectivity index is 1.44. The fourth-order valence-electron chi connectivity index (χ4n) is 3.37. The van der Waals surface area contributed by atoms with Crippen molar-refractivity contribution in [2.24, 2.45) is 0 Å². The minimum atomic E-state index is 0.255. The summed E-state index contributed by atoms with van der Waals surface area (Å²) in [6.45, 7) is 2.69. The van der Waals surface area contributed by atoms with Crippen LogP contribution in [0.5, 0.6) is 11.5 Å². The molecule has 5 nitrogen and oxygen atoms in total. The van der Waals surface area contributed by atoms with E-state index in [4.69, 9.17) is 21.1 Å². The van der Waals surface area contributed by atoms with Crippen LogP contribution < -0.4 is 14.8 Å². The molecule has 1 atom stereocenters. The molecule has 2 aliphatic rings. The molecule has 2 aliphatic heterocycles. The number of nitrogens with one attached hydrogen (secondary N) is 1. The number of hydrogen-bond donors (Lipinski definition) is 1. The van der Waals surface area contributed by atoms with Crippen LogP contribution in [0.3, 0.4) is 0 Å². The number of nitrogens with zero attached hydrogens (tertiary/aromatic N) is 1. The van der Waals surface area contributed by atoms with Crippen LogP contribution in [0.1, 0.15) is 31.2 Å². The number of amides is 1. The van der Waals surface area contributed by atoms with E-state index in [0.29, 0.717) is 35.7 Å². The van der Waals surface area contributed by atoms with Crippen LogP contribution in [0.4, 0.5) is 0 Å². The van der Waals surface area contributed by atoms with E-state index in [1.165, 1.54) is 0 Å². The lowest BCUT2D eigenvalue weighted by molar-refractivity contribution is -0.129. The monoisotopic (exact) mass is 384 g/mol. The van der Waals surface area contributed by atoms with Crippen molar-refractivity contribution < 1.29 is 14.3 Å². The zero-order chi connectivity index (χ0) is 17.6. The smallest absolute Gasteiger partial charge is 0.231 e. The summed E-state index contributed by atoms with van der Waals surface area (Å²) in [4.78, 5) is 14.1. The van der Waals surface area contributed by atoms with Gasteiger partial charge in [0.2, 0.25) is 12.7 Å². The molecular formula is C18H25ClN2O3S. The molecule has 0 aromatic heterocycles. The molecular weight excluding hydrogens is 360 g/mol. The fourth-order valence-corrected chi connectivity index (χ4v) is 4.00. The van der Waals surface area contributed by atoms with Crippen molar-refractivity contribution in [2.75, 3.05) is 31.9 Å². The molecule has 1 aromatic carbocycles. The van der Waals surface area contributed by atoms with Gasteiger partial charge < -0.3 is 19.7 Å². The molecule has 1 aromatic rings. The largest absolute Gasteiger partial charge is 0.454 e. The summed E-state index contributed by atoms with van der Waals surface area (Å²) in [5.74, 6) is 2.88. The zero-order valence-corrected chi connectivity index (χ0v) is 16.1. The molecule has 138 valence electrons. The van der Waals surface area contributed by atoms with Gasteiger partial charge >= 0.3 is 0 Å². The van der Waals surface area contributed by atoms with Gasteiger partial charge in [-0.25, -0.2) is 0 Å². The van der Waals surface area contributed by atoms with Crippen molar-refractivity contribution in [3.63, 3.8) is 0 Å². The lowest BCUT2D eigenvalue weighted by Crippen LogP contribution is -2.36. The number of rotatable bonds is 9. The number of fused-ring (bicyclic) bond motifs is 1. The van der Waals surface area contributed by atoms with Crippen molar-refractivity contribution in [1.29, 1.82) is 0 Å². The molecule has 7 heteroatoms. The van der Waals surface area contributed by atoms with Gasteiger partial charge in [0.05, 0.1) is 0 Å². The van der Waals surface area contributed by atoms with Gasteiger partial charge in [-0.1, -0.05) is 11.6 Å². The third-order valence-electron chi connectivity index (χ3n) is 4.71. The van der Waals surface area contributed by atoms with E-state index in [1.807, 2.05) is 23.9 Å². The van der Waals surface area contributed by atoms with E-state index >= 15 is 0 Å². The Kier molecular flexibility index (Phi) is 6.73. The summed E-state index contributed by atoms with van der Waals surface area (Å²) in [7, 11) is 0. The average molecular weight is 385 g/mol. The highest BCUT2D eigenvalue weighted by Crippen LogP contribution is 2.36. The van der Waals surface area contributed by atoms with Crippen LogP contribution >= 0.6 is 23.4 Å². The summed E-state index contributed by atoms with van der Waals surface area (Å²) in [5.41, 5.74) is 1.00. The van der Waals surface area contributed by atoms with Crippen LogP contribution in [0, 0.1) is 0 Å². The van der Waals surface area contributed by atoms with Gasteiger partial charge in [-0.15, -0.1) is 0 Å². The Bertz CT molecular complexity index is 614. The predicted molar refractivity (Wildman–Crippen MR) is 102 cm³/mol. The van der Waals surface area contributed by atoms with E-state index in [1.54, 1.807) is 0 Å². The molecule has 1 amide bonds. The highest BCUT2D eigenvalue weighted by molar-refractivity contribution is 7.98. The standard InChI is InChI=1S/C18H25ClN2O3S/c1-25-8-2-7-21-14(3-4-18(21)22)5-6-20-11-13-9-16-17(10-15(13)19)24-12-23-16/h9-10,14,20H,2-8,11-12H2,1H3. The van der Waals surface area contributed by atoms with Gasteiger partial charge in [0.25, 0.3) is 0 Å². The first-order valence-corrected chi connectivity index (χ1v) is 10.5. The molecule has 0 bridgehead atoms. The normalized spacial score (nSPS) is 19.0. The Hall–Kier alpha value is -1.11. The van der Waals surface area contributed by atoms with Gasteiger partial charge in [0, 0.05) is 36.6 Å². The van der Waals surface area contributed by atoms with Crippen molar-refractivity contribution in [3.05, 3.63) is 22.7 Å². The number of carbonyl (C=O) groups is 1. The first-order valence-electron chi connectivity index (χ1n) is 8.76. The van der Waals surface area contributed by atoms with Crippen LogP contribution in [0.25, 0.3) is 0 Å². The second-order valence-corrected chi connectivity index (χ2v) is 7.78. The Morgan fingerprint density at radius 1 is 1.36 bits per heavy atom. The second kappa shape index (κ2) is 9.01. The molecule has 25 heavy (non-hydrogen) atoms. The van der Waals surface area contributed by atoms with E-state index in [-0.39, 0.29) is 6.79 Å². The predicted octanol–water partition coefficient (Wildman–Crippen LogP) is 3.29. The van der Waals surface area contributed by atoms with Crippen molar-refractivity contribution in [3.8, 4) is 11.5 Å². The lowest BCUT2D eigenvalue weighted by Gasteiger charge is -2.25. The van der Waals surface area contributed by atoms with Crippen molar-refractivity contribution in [2.45, 2.75) is 38.3 Å². The van der Waals surface area contributed by atoms with Crippen LogP contribution in [-0.4, -0.2) is 48.7 Å². The molecule has 0 radical (unpaired) electrons. The van der Waals surface area contributed by atoms with Crippen LogP contribution in [0.2, 0.25) is 5.02 Å². The topological polar surface area (TPSA) is 50.8 Å². The number of hydrogen-bond acceptors (Lipinski definition) is 5. The molecule has 0 saturated carbocycles. The van der Waals surface area contributed by atoms with E-state index in [2.05, 4.69) is 16.5 Å². The molecule has 1 unspecified atom stereocenters. The molecule has 1 saturated heterocycles. The maximum absolute atomic E-state index is 12.0. The summed E-state index contributed by atoms with van der Waals surface area (Å²) < 4.78 is 10.7. The number of thioether (sulfide) groups is 1. The Labute approximate surface area is 158 Å². The molecule has 0 spiro atoms. The molecule has 0 aliphatic carbocycles. The molecule has 1 fully saturated rings. The number of likely N-dealkylation sites (tertiary alicyclic amines) is 1. The first-order chi connectivity index (χ1) is 12.2. The average Bonchev–Trinajstić information content (AvgIpc) is 3.19. The maximum Gasteiger partial charge on any atom is 0.231 e. The Morgan fingerprint density at radius 2 is 2.16 bits per heavy atom. The third kappa shape index (κ3) is 4.74. The molecule has 1 N–H and O–H groups in total. The summed E-state index contributed by atoms with van der Waals surface area (Å²) in [5, 5.41) is 4.13. The summed E-state index contributed by atoms with van der Waals surface area (Å²) in [6.07, 6.45) is 5.83. The highest BCUT2D eigenvalue weighted by Gasteiger charge is 2.29. The minimum absolute atomic E-state index is 0.255. The number of halogens is 1. The van der Waals surface area contributed by atoms with Gasteiger partial charge in [0.15, 0.2) is 11.5 Å². The number of benzene rings is 1. The third-order valence-corrected chi connectivity index (χ3v) is 5.76. The van der Waals surface area contributed by atoms with Gasteiger partial charge in [0.1, 0.15) is 0 Å². The number of ether oxygens (including phenoxy) is 2. The minimum Gasteiger partial charge on any atom is -0.454 e. The highest BCUT2D eigenvalue weighted by atomic mass is 35.5. The first kappa shape index (κ1) is 18.7. The molecule has 2 heterocycles. The van der Waals surface area contributed by atoms with Crippen molar-refractivity contribution in [1.82, 2.24) is 10.2 Å². The fraction of sp³-hybridized carbons (Fsp3) is 0.611. The summed E-state index contributed by atoms with van der Waals surface area (Å²) in [6, 6.07) is 4.12. The van der Waals surface area contributed by atoms with Crippen LogP contribution in [-0.2, 0) is 11.3 Å². The van der Waals surface area contributed by atoms with E-state index in [0.717, 1.165) is 49.4 Å². The second-order valence-electron chi connectivity index (χ2n) is 6.39. The zero-order valence-electron chi connectivity index (χ0n) is 14.6. The Morgan fingerprint density at radius 3 is 2.96 bits per heavy atom. The SMILES string of the molecule is CSCCCN1C(=O)CCC1CCNCc1cc2c(cc1Cl)OCO2. The number of carbonyl (C=O) groups excluding carboxylic acids is 1. The van der Waals surface area contributed by atoms with Crippen molar-refractivity contribution >= 4 is 29.3 Å². The van der Waals surface area contributed by atoms with E-state index < -0.39 is 0 Å². The molecule has 3 rings (SSSR count). The lowest BCUT2D eigenvalue weighted by atomic mass is 10.1. The van der Waals surface area contributed by atoms with E-state index in [9.17, 15) is 4.79 Å². The van der Waals surface area contributed by atoms with Gasteiger partial charge in [-0.2, -0.15) is 11.8 Å². The summed E-state index contributed by atoms with van der Waals surface area (Å²) >= 11 is 8.13. The quantitative estimate of drug-likeness (QED) is 0.662. The maximum atomic E-state index is 12.0. The van der Waals surface area contributed by atoms with Gasteiger partial charge in [-0.3, -0.25) is 4.79 Å². The van der Waals surface area contributed by atoms with Crippen LogP contribution in [0.15, 0.2) is 12.1 Å².